The van der Waals surface area contributed by atoms with Crippen molar-refractivity contribution in [1.82, 2.24) is 0 Å². The Kier molecular flexibility index (Phi) is 49.1. The van der Waals surface area contributed by atoms with Crippen molar-refractivity contribution >= 4 is 17.9 Å². The molecule has 0 aliphatic carbocycles. The first-order valence-electron chi connectivity index (χ1n) is 26.0. The Bertz CT molecular complexity index is 1510. The van der Waals surface area contributed by atoms with Crippen LogP contribution in [0.5, 0.6) is 0 Å². The lowest BCUT2D eigenvalue weighted by molar-refractivity contribution is -0.167. The molecule has 0 aliphatic rings. The number of allylic oxidation sites excluding steroid dienone is 24. The molecule has 0 aromatic carbocycles. The lowest BCUT2D eigenvalue weighted by Gasteiger charge is -2.18. The third-order valence-electron chi connectivity index (χ3n) is 10.3. The van der Waals surface area contributed by atoms with Gasteiger partial charge in [-0.25, -0.2) is 0 Å². The second-order valence-electron chi connectivity index (χ2n) is 16.6. The van der Waals surface area contributed by atoms with Crippen LogP contribution in [0.2, 0.25) is 0 Å². The van der Waals surface area contributed by atoms with Gasteiger partial charge in [-0.2, -0.15) is 0 Å². The molecule has 6 nitrogen and oxygen atoms in total. The summed E-state index contributed by atoms with van der Waals surface area (Å²) in [5, 5.41) is 0. The van der Waals surface area contributed by atoms with Crippen LogP contribution in [0.4, 0.5) is 0 Å². The minimum atomic E-state index is -0.823. The molecule has 0 aliphatic heterocycles. The molecule has 0 aromatic rings. The van der Waals surface area contributed by atoms with Gasteiger partial charge >= 0.3 is 17.9 Å². The minimum Gasteiger partial charge on any atom is -0.462 e. The molecule has 66 heavy (non-hydrogen) atoms. The highest BCUT2D eigenvalue weighted by Crippen LogP contribution is 2.12. The Morgan fingerprint density at radius 3 is 1.15 bits per heavy atom. The van der Waals surface area contributed by atoms with Gasteiger partial charge in [-0.1, -0.05) is 224 Å². The summed E-state index contributed by atoms with van der Waals surface area (Å²) in [5.74, 6) is -1.02. The van der Waals surface area contributed by atoms with Crippen molar-refractivity contribution in [3.05, 3.63) is 146 Å². The van der Waals surface area contributed by atoms with Crippen LogP contribution >= 0.6 is 0 Å². The van der Waals surface area contributed by atoms with Crippen LogP contribution in [0.3, 0.4) is 0 Å². The molecular formula is C60H92O6. The summed E-state index contributed by atoms with van der Waals surface area (Å²) in [7, 11) is 0. The fourth-order valence-electron chi connectivity index (χ4n) is 6.38. The van der Waals surface area contributed by atoms with E-state index in [4.69, 9.17) is 14.2 Å². The summed E-state index contributed by atoms with van der Waals surface area (Å²) in [6.07, 6.45) is 75.3. The Morgan fingerprint density at radius 2 is 0.682 bits per heavy atom. The maximum Gasteiger partial charge on any atom is 0.306 e. The van der Waals surface area contributed by atoms with Gasteiger partial charge in [0.2, 0.25) is 0 Å². The third-order valence-corrected chi connectivity index (χ3v) is 10.3. The van der Waals surface area contributed by atoms with Gasteiger partial charge in [0.1, 0.15) is 13.2 Å². The number of ether oxygens (including phenoxy) is 3. The van der Waals surface area contributed by atoms with Gasteiger partial charge in [-0.05, 0) is 96.3 Å². The summed E-state index contributed by atoms with van der Waals surface area (Å²) in [5.41, 5.74) is 0. The molecule has 0 bridgehead atoms. The Balaban J connectivity index is 4.57. The maximum absolute atomic E-state index is 12.8. The summed E-state index contributed by atoms with van der Waals surface area (Å²) < 4.78 is 16.7. The second kappa shape index (κ2) is 52.9. The van der Waals surface area contributed by atoms with E-state index in [-0.39, 0.29) is 37.5 Å². The van der Waals surface area contributed by atoms with E-state index in [1.54, 1.807) is 0 Å². The zero-order chi connectivity index (χ0) is 47.9. The summed E-state index contributed by atoms with van der Waals surface area (Å²) in [6.45, 7) is 6.29. The lowest BCUT2D eigenvalue weighted by atomic mass is 10.1. The summed E-state index contributed by atoms with van der Waals surface area (Å²) in [6, 6.07) is 0. The third kappa shape index (κ3) is 50.3. The van der Waals surface area contributed by atoms with E-state index in [1.165, 1.54) is 25.7 Å². The predicted octanol–water partition coefficient (Wildman–Crippen LogP) is 17.3. The van der Waals surface area contributed by atoms with Crippen LogP contribution in [-0.2, 0) is 28.6 Å². The molecule has 1 atom stereocenters. The van der Waals surface area contributed by atoms with Crippen LogP contribution in [0, 0.1) is 0 Å². The van der Waals surface area contributed by atoms with Crippen LogP contribution in [-0.4, -0.2) is 37.2 Å². The Hall–Kier alpha value is -4.71. The highest BCUT2D eigenvalue weighted by Gasteiger charge is 2.19. The highest BCUT2D eigenvalue weighted by molar-refractivity contribution is 5.71. The van der Waals surface area contributed by atoms with E-state index in [9.17, 15) is 14.4 Å². The number of rotatable bonds is 44. The second-order valence-corrected chi connectivity index (χ2v) is 16.6. The molecule has 0 spiro atoms. The van der Waals surface area contributed by atoms with Gasteiger partial charge in [0.15, 0.2) is 6.10 Å². The summed E-state index contributed by atoms with van der Waals surface area (Å²) >= 11 is 0. The normalized spacial score (nSPS) is 13.3. The highest BCUT2D eigenvalue weighted by atomic mass is 16.6. The zero-order valence-electron chi connectivity index (χ0n) is 41.9. The number of unbranched alkanes of at least 4 members (excludes halogenated alkanes) is 16. The van der Waals surface area contributed by atoms with Crippen molar-refractivity contribution in [3.63, 3.8) is 0 Å². The van der Waals surface area contributed by atoms with E-state index < -0.39 is 6.10 Å². The van der Waals surface area contributed by atoms with Crippen LogP contribution < -0.4 is 0 Å². The van der Waals surface area contributed by atoms with Crippen LogP contribution in [0.1, 0.15) is 194 Å². The van der Waals surface area contributed by atoms with Gasteiger partial charge < -0.3 is 14.2 Å². The smallest absolute Gasteiger partial charge is 0.306 e. The van der Waals surface area contributed by atoms with Crippen molar-refractivity contribution < 1.29 is 28.6 Å². The molecule has 6 heteroatoms. The maximum atomic E-state index is 12.8. The van der Waals surface area contributed by atoms with Crippen molar-refractivity contribution in [1.29, 1.82) is 0 Å². The SMILES string of the molecule is CC/C=C\C/C=C\C/C=C\CCCCC(=O)OCC(COC(=O)CCCCCCC\C=C/C=C\C=C/C=C\C=C/CCC)OC(=O)CCCCCCC\C=C/C=C\C=C/C=C\CCCCC. The first kappa shape index (κ1) is 61.3. The Labute approximate surface area is 404 Å². The van der Waals surface area contributed by atoms with Crippen molar-refractivity contribution in [2.75, 3.05) is 13.2 Å². The number of esters is 3. The topological polar surface area (TPSA) is 78.9 Å². The van der Waals surface area contributed by atoms with Gasteiger partial charge in [0, 0.05) is 19.3 Å². The number of hydrogen-bond acceptors (Lipinski definition) is 6. The van der Waals surface area contributed by atoms with E-state index in [0.29, 0.717) is 19.3 Å². The molecule has 0 N–H and O–H groups in total. The van der Waals surface area contributed by atoms with Crippen molar-refractivity contribution in [3.8, 4) is 0 Å². The van der Waals surface area contributed by atoms with Crippen molar-refractivity contribution in [2.24, 2.45) is 0 Å². The van der Waals surface area contributed by atoms with E-state index in [2.05, 4.69) is 130 Å². The van der Waals surface area contributed by atoms with E-state index in [0.717, 1.165) is 122 Å². The molecule has 0 aromatic heterocycles. The monoisotopic (exact) mass is 909 g/mol. The molecule has 0 saturated carbocycles. The molecule has 0 heterocycles. The summed E-state index contributed by atoms with van der Waals surface area (Å²) in [4.78, 5) is 38.0. The minimum absolute atomic E-state index is 0.120. The quantitative estimate of drug-likeness (QED) is 0.0199. The standard InChI is InChI=1S/C60H92O6/c1-4-7-10-13-16-19-22-25-27-29-31-33-35-38-41-44-47-50-53-59(62)65-56-57(55-64-58(61)52-49-46-43-40-37-24-21-18-15-12-9-6-3)66-60(63)54-51-48-45-42-39-36-34-32-30-28-26-23-20-17-14-11-8-5-2/h9-10,12-13,16-23,25-34,37,40,57H,4-8,11,14-15,24,35-36,38-39,41-56H2,1-3H3/b12-9-,13-10-,19-16-,20-17-,21-18-,25-22-,26-23-,29-27-,30-28-,33-31-,34-32-,40-37-. The zero-order valence-corrected chi connectivity index (χ0v) is 41.9. The first-order valence-corrected chi connectivity index (χ1v) is 26.0. The molecule has 368 valence electrons. The molecule has 0 fully saturated rings. The van der Waals surface area contributed by atoms with Gasteiger partial charge in [-0.15, -0.1) is 0 Å². The van der Waals surface area contributed by atoms with Gasteiger partial charge in [0.25, 0.3) is 0 Å². The Morgan fingerprint density at radius 1 is 0.333 bits per heavy atom. The van der Waals surface area contributed by atoms with Gasteiger partial charge in [0.05, 0.1) is 0 Å². The molecular weight excluding hydrogens is 817 g/mol. The molecule has 0 radical (unpaired) electrons. The van der Waals surface area contributed by atoms with E-state index in [1.807, 2.05) is 36.5 Å². The van der Waals surface area contributed by atoms with Crippen LogP contribution in [0.25, 0.3) is 0 Å². The molecule has 0 rings (SSSR count). The number of carbonyl (C=O) groups excluding carboxylic acids is 3. The number of hydrogen-bond donors (Lipinski definition) is 0. The average molecular weight is 909 g/mol. The van der Waals surface area contributed by atoms with Gasteiger partial charge in [-0.3, -0.25) is 14.4 Å². The molecule has 1 unspecified atom stereocenters. The fraction of sp³-hybridized carbons (Fsp3) is 0.550. The average Bonchev–Trinajstić information content (AvgIpc) is 3.31. The predicted molar refractivity (Wildman–Crippen MR) is 283 cm³/mol. The van der Waals surface area contributed by atoms with Crippen molar-refractivity contribution in [2.45, 2.75) is 200 Å². The largest absolute Gasteiger partial charge is 0.462 e. The first-order chi connectivity index (χ1) is 32.5. The lowest BCUT2D eigenvalue weighted by Crippen LogP contribution is -2.30. The van der Waals surface area contributed by atoms with Crippen LogP contribution in [0.15, 0.2) is 146 Å². The fourth-order valence-corrected chi connectivity index (χ4v) is 6.38. The van der Waals surface area contributed by atoms with E-state index >= 15 is 0 Å². The number of carbonyl (C=O) groups is 3. The molecule has 0 amide bonds. The molecule has 0 saturated heterocycles.